The molecule has 1 aliphatic rings. The highest BCUT2D eigenvalue weighted by molar-refractivity contribution is 5.92. The van der Waals surface area contributed by atoms with E-state index in [0.717, 1.165) is 12.0 Å². The topological polar surface area (TPSA) is 58.4 Å². The maximum absolute atomic E-state index is 12.5. The summed E-state index contributed by atoms with van der Waals surface area (Å²) in [5.41, 5.74) is 1.56. The number of aliphatic hydroxyl groups excluding tert-OH is 1. The van der Waals surface area contributed by atoms with E-state index in [-0.39, 0.29) is 11.8 Å². The predicted octanol–water partition coefficient (Wildman–Crippen LogP) is 2.56. The van der Waals surface area contributed by atoms with Gasteiger partial charge in [0.05, 0.1) is 6.10 Å². The lowest BCUT2D eigenvalue weighted by atomic mass is 9.86. The van der Waals surface area contributed by atoms with Gasteiger partial charge in [-0.2, -0.15) is 5.10 Å². The second kappa shape index (κ2) is 6.33. The molecule has 1 aliphatic heterocycles. The van der Waals surface area contributed by atoms with Crippen LogP contribution in [0.25, 0.3) is 10.8 Å². The first-order valence-corrected chi connectivity index (χ1v) is 8.57. The third kappa shape index (κ3) is 3.03. The minimum Gasteiger partial charge on any atom is -0.391 e. The minimum absolute atomic E-state index is 0.0531. The maximum Gasteiger partial charge on any atom is 0.274 e. The highest BCUT2D eigenvalue weighted by atomic mass is 16.3. The molecular weight excluding hydrogens is 314 g/mol. The fraction of sp³-hybridized carbons (Fsp3) is 0.300. The van der Waals surface area contributed by atoms with Crippen LogP contribution < -0.4 is 0 Å². The molecule has 2 heterocycles. The van der Waals surface area contributed by atoms with Crippen molar-refractivity contribution in [3.63, 3.8) is 0 Å². The van der Waals surface area contributed by atoms with Crippen LogP contribution in [0, 0.1) is 0 Å². The molecule has 2 atom stereocenters. The van der Waals surface area contributed by atoms with Crippen molar-refractivity contribution in [1.29, 1.82) is 0 Å². The molecule has 1 N–H and O–H groups in total. The number of hydrogen-bond acceptors (Lipinski definition) is 3. The van der Waals surface area contributed by atoms with Gasteiger partial charge in [0.25, 0.3) is 5.91 Å². The number of piperidine rings is 1. The maximum atomic E-state index is 12.5. The zero-order valence-electron chi connectivity index (χ0n) is 14.2. The van der Waals surface area contributed by atoms with Crippen LogP contribution in [0.5, 0.6) is 0 Å². The summed E-state index contributed by atoms with van der Waals surface area (Å²) in [7, 11) is 1.79. The van der Waals surface area contributed by atoms with E-state index in [1.807, 2.05) is 12.1 Å². The number of fused-ring (bicyclic) bond motifs is 1. The van der Waals surface area contributed by atoms with E-state index in [9.17, 15) is 9.90 Å². The number of likely N-dealkylation sites (tertiary alicyclic amines) is 1. The smallest absolute Gasteiger partial charge is 0.274 e. The quantitative estimate of drug-likeness (QED) is 0.783. The SMILES string of the molecule is Cn1ccc(C(=O)N2CC[C@@H](c3ccc4ccccc4c3)[C@H](O)C2)n1. The Bertz CT molecular complexity index is 918. The Kier molecular flexibility index (Phi) is 4.01. The lowest BCUT2D eigenvalue weighted by molar-refractivity contribution is 0.0377. The highest BCUT2D eigenvalue weighted by Gasteiger charge is 2.32. The fourth-order valence-electron chi connectivity index (χ4n) is 3.63. The molecule has 1 amide bonds. The Morgan fingerprint density at radius 1 is 1.16 bits per heavy atom. The van der Waals surface area contributed by atoms with Gasteiger partial charge in [-0.05, 0) is 28.8 Å². The van der Waals surface area contributed by atoms with Crippen molar-refractivity contribution in [2.24, 2.45) is 7.05 Å². The number of benzene rings is 2. The standard InChI is InChI=1S/C20H21N3O2/c1-22-10-9-18(21-22)20(25)23-11-8-17(19(24)13-23)16-7-6-14-4-2-3-5-15(14)12-16/h2-7,9-10,12,17,19,24H,8,11,13H2,1H3/t17-,19+/m0/s1. The van der Waals surface area contributed by atoms with E-state index in [1.165, 1.54) is 10.8 Å². The molecule has 5 nitrogen and oxygen atoms in total. The number of rotatable bonds is 2. The molecule has 0 saturated carbocycles. The Balaban J connectivity index is 1.51. The third-order valence-electron chi connectivity index (χ3n) is 5.00. The first-order chi connectivity index (χ1) is 12.1. The number of aromatic nitrogens is 2. The Morgan fingerprint density at radius 3 is 2.68 bits per heavy atom. The van der Waals surface area contributed by atoms with Crippen molar-refractivity contribution in [2.45, 2.75) is 18.4 Å². The van der Waals surface area contributed by atoms with E-state index >= 15 is 0 Å². The van der Waals surface area contributed by atoms with E-state index in [4.69, 9.17) is 0 Å². The van der Waals surface area contributed by atoms with E-state index in [1.54, 1.807) is 28.9 Å². The predicted molar refractivity (Wildman–Crippen MR) is 96.4 cm³/mol. The molecule has 25 heavy (non-hydrogen) atoms. The Labute approximate surface area is 146 Å². The monoisotopic (exact) mass is 335 g/mol. The average Bonchev–Trinajstić information content (AvgIpc) is 3.07. The number of nitrogens with zero attached hydrogens (tertiary/aromatic N) is 3. The van der Waals surface area contributed by atoms with Crippen LogP contribution in [-0.2, 0) is 7.05 Å². The van der Waals surface area contributed by atoms with E-state index in [2.05, 4.69) is 35.4 Å². The first kappa shape index (κ1) is 15.8. The molecule has 4 rings (SSSR count). The normalized spacial score (nSPS) is 20.8. The number of aliphatic hydroxyl groups is 1. The van der Waals surface area contributed by atoms with Crippen LogP contribution in [0.15, 0.2) is 54.7 Å². The molecular formula is C20H21N3O2. The first-order valence-electron chi connectivity index (χ1n) is 8.57. The van der Waals surface area contributed by atoms with Gasteiger partial charge in [-0.15, -0.1) is 0 Å². The van der Waals surface area contributed by atoms with Crippen LogP contribution >= 0.6 is 0 Å². The van der Waals surface area contributed by atoms with E-state index < -0.39 is 6.10 Å². The van der Waals surface area contributed by atoms with Crippen molar-refractivity contribution in [1.82, 2.24) is 14.7 Å². The highest BCUT2D eigenvalue weighted by Crippen LogP contribution is 2.31. The number of amides is 1. The Hall–Kier alpha value is -2.66. The zero-order valence-corrected chi connectivity index (χ0v) is 14.2. The van der Waals surface area contributed by atoms with Crippen LogP contribution in [0.1, 0.15) is 28.4 Å². The molecule has 2 aromatic carbocycles. The summed E-state index contributed by atoms with van der Waals surface area (Å²) < 4.78 is 1.62. The van der Waals surface area contributed by atoms with Gasteiger partial charge in [-0.1, -0.05) is 42.5 Å². The molecule has 1 fully saturated rings. The van der Waals surface area contributed by atoms with Gasteiger partial charge in [0, 0.05) is 32.3 Å². The molecule has 0 spiro atoms. The van der Waals surface area contributed by atoms with Gasteiger partial charge in [-0.25, -0.2) is 0 Å². The molecule has 0 radical (unpaired) electrons. The molecule has 5 heteroatoms. The molecule has 0 aliphatic carbocycles. The van der Waals surface area contributed by atoms with Gasteiger partial charge in [0.15, 0.2) is 0 Å². The molecule has 128 valence electrons. The van der Waals surface area contributed by atoms with E-state index in [0.29, 0.717) is 18.8 Å². The van der Waals surface area contributed by atoms with Crippen LogP contribution in [0.4, 0.5) is 0 Å². The number of carbonyl (C=O) groups excluding carboxylic acids is 1. The van der Waals surface area contributed by atoms with Crippen LogP contribution in [-0.4, -0.2) is 44.9 Å². The molecule has 1 aromatic heterocycles. The summed E-state index contributed by atoms with van der Waals surface area (Å²) in [6.45, 7) is 0.969. The largest absolute Gasteiger partial charge is 0.391 e. The molecule has 0 bridgehead atoms. The van der Waals surface area contributed by atoms with Gasteiger partial charge in [0.1, 0.15) is 5.69 Å². The summed E-state index contributed by atoms with van der Waals surface area (Å²) in [6.07, 6.45) is 1.94. The van der Waals surface area contributed by atoms with Gasteiger partial charge in [0.2, 0.25) is 0 Å². The van der Waals surface area contributed by atoms with Crippen molar-refractivity contribution in [3.05, 3.63) is 66.0 Å². The summed E-state index contributed by atoms with van der Waals surface area (Å²) in [4.78, 5) is 14.2. The van der Waals surface area contributed by atoms with Gasteiger partial charge < -0.3 is 10.0 Å². The lowest BCUT2D eigenvalue weighted by Gasteiger charge is -2.36. The fourth-order valence-corrected chi connectivity index (χ4v) is 3.63. The number of carbonyl (C=O) groups is 1. The zero-order chi connectivity index (χ0) is 17.4. The minimum atomic E-state index is -0.567. The second-order valence-electron chi connectivity index (χ2n) is 6.69. The molecule has 3 aromatic rings. The summed E-state index contributed by atoms with van der Waals surface area (Å²) in [5, 5.41) is 17.2. The molecule has 0 unspecified atom stereocenters. The van der Waals surface area contributed by atoms with Gasteiger partial charge in [-0.3, -0.25) is 9.48 Å². The second-order valence-corrected chi connectivity index (χ2v) is 6.69. The lowest BCUT2D eigenvalue weighted by Crippen LogP contribution is -2.45. The number of aryl methyl sites for hydroxylation is 1. The average molecular weight is 335 g/mol. The summed E-state index contributed by atoms with van der Waals surface area (Å²) in [6, 6.07) is 16.3. The number of hydrogen-bond donors (Lipinski definition) is 1. The number of β-amino-alcohol motifs (C(OH)–C–C–N with tert-alkyl or cyclic N) is 1. The van der Waals surface area contributed by atoms with Crippen molar-refractivity contribution >= 4 is 16.7 Å². The van der Waals surface area contributed by atoms with Gasteiger partial charge >= 0.3 is 0 Å². The van der Waals surface area contributed by atoms with Crippen molar-refractivity contribution in [2.75, 3.05) is 13.1 Å². The van der Waals surface area contributed by atoms with Crippen LogP contribution in [0.2, 0.25) is 0 Å². The summed E-state index contributed by atoms with van der Waals surface area (Å²) in [5.74, 6) is -0.0611. The van der Waals surface area contributed by atoms with Crippen LogP contribution in [0.3, 0.4) is 0 Å². The molecule has 1 saturated heterocycles. The van der Waals surface area contributed by atoms with Crippen molar-refractivity contribution in [3.8, 4) is 0 Å². The summed E-state index contributed by atoms with van der Waals surface area (Å²) >= 11 is 0. The van der Waals surface area contributed by atoms with Crippen molar-refractivity contribution < 1.29 is 9.90 Å². The third-order valence-corrected chi connectivity index (χ3v) is 5.00. The Morgan fingerprint density at radius 2 is 1.96 bits per heavy atom.